The zero-order valence-corrected chi connectivity index (χ0v) is 12.3. The fourth-order valence-corrected chi connectivity index (χ4v) is 2.38. The summed E-state index contributed by atoms with van der Waals surface area (Å²) in [6.45, 7) is 6.72. The van der Waals surface area contributed by atoms with Crippen molar-refractivity contribution >= 4 is 11.6 Å². The lowest BCUT2D eigenvalue weighted by molar-refractivity contribution is 0.346. The van der Waals surface area contributed by atoms with Gasteiger partial charge in [-0.05, 0) is 25.9 Å². The van der Waals surface area contributed by atoms with Gasteiger partial charge in [-0.25, -0.2) is 9.97 Å². The van der Waals surface area contributed by atoms with E-state index < -0.39 is 0 Å². The number of nitrogens with zero attached hydrogens (tertiary/aromatic N) is 4. The number of anilines is 2. The zero-order chi connectivity index (χ0) is 13.7. The summed E-state index contributed by atoms with van der Waals surface area (Å²) in [6, 6.07) is 2.02. The molecule has 0 atom stereocenters. The van der Waals surface area contributed by atoms with Crippen LogP contribution in [-0.2, 0) is 6.42 Å². The Bertz CT molecular complexity index is 379. The number of nitrogens with one attached hydrogen (secondary N) is 1. The molecule has 5 heteroatoms. The molecule has 0 radical (unpaired) electrons. The van der Waals surface area contributed by atoms with Gasteiger partial charge in [0.15, 0.2) is 0 Å². The van der Waals surface area contributed by atoms with Crippen molar-refractivity contribution in [3.05, 3.63) is 11.9 Å². The van der Waals surface area contributed by atoms with E-state index in [0.717, 1.165) is 37.0 Å². The van der Waals surface area contributed by atoms with Crippen molar-refractivity contribution in [2.75, 3.05) is 50.5 Å². The van der Waals surface area contributed by atoms with Crippen molar-refractivity contribution in [1.82, 2.24) is 14.9 Å². The molecule has 0 aliphatic carbocycles. The van der Waals surface area contributed by atoms with Gasteiger partial charge in [0.05, 0.1) is 0 Å². The molecule has 0 unspecified atom stereocenters. The van der Waals surface area contributed by atoms with Gasteiger partial charge < -0.3 is 15.1 Å². The van der Waals surface area contributed by atoms with E-state index in [1.54, 1.807) is 0 Å². The summed E-state index contributed by atoms with van der Waals surface area (Å²) in [5, 5.41) is 3.11. The van der Waals surface area contributed by atoms with Crippen molar-refractivity contribution in [2.45, 2.75) is 26.2 Å². The molecular formula is C14H25N5. The number of aryl methyl sites for hydroxylation is 1. The van der Waals surface area contributed by atoms with Gasteiger partial charge in [0.1, 0.15) is 17.5 Å². The van der Waals surface area contributed by atoms with E-state index in [1.165, 1.54) is 25.9 Å². The van der Waals surface area contributed by atoms with E-state index in [0.29, 0.717) is 0 Å². The third-order valence-electron chi connectivity index (χ3n) is 3.67. The van der Waals surface area contributed by atoms with Crippen LogP contribution in [0.5, 0.6) is 0 Å². The Kier molecular flexibility index (Phi) is 4.96. The average molecular weight is 263 g/mol. The second-order valence-electron chi connectivity index (χ2n) is 5.10. The van der Waals surface area contributed by atoms with E-state index in [2.05, 4.69) is 39.1 Å². The van der Waals surface area contributed by atoms with Gasteiger partial charge in [0.2, 0.25) is 0 Å². The van der Waals surface area contributed by atoms with E-state index in [9.17, 15) is 0 Å². The van der Waals surface area contributed by atoms with Gasteiger partial charge in [-0.1, -0.05) is 6.92 Å². The van der Waals surface area contributed by atoms with Crippen LogP contribution >= 0.6 is 0 Å². The van der Waals surface area contributed by atoms with Gasteiger partial charge in [-0.15, -0.1) is 0 Å². The van der Waals surface area contributed by atoms with Gasteiger partial charge >= 0.3 is 0 Å². The summed E-state index contributed by atoms with van der Waals surface area (Å²) in [5.41, 5.74) is 0. The fourth-order valence-electron chi connectivity index (χ4n) is 2.38. The van der Waals surface area contributed by atoms with E-state index in [-0.39, 0.29) is 0 Å². The highest BCUT2D eigenvalue weighted by molar-refractivity contribution is 5.48. The first-order chi connectivity index (χ1) is 9.22. The molecule has 0 spiro atoms. The quantitative estimate of drug-likeness (QED) is 0.845. The van der Waals surface area contributed by atoms with Crippen LogP contribution in [0.2, 0.25) is 0 Å². The van der Waals surface area contributed by atoms with Gasteiger partial charge in [0.25, 0.3) is 0 Å². The fraction of sp³-hybridized carbons (Fsp3) is 0.714. The van der Waals surface area contributed by atoms with E-state index in [1.807, 2.05) is 13.1 Å². The summed E-state index contributed by atoms with van der Waals surface area (Å²) >= 11 is 0. The van der Waals surface area contributed by atoms with Crippen molar-refractivity contribution in [3.63, 3.8) is 0 Å². The van der Waals surface area contributed by atoms with Crippen LogP contribution in [-0.4, -0.2) is 55.1 Å². The lowest BCUT2D eigenvalue weighted by Crippen LogP contribution is -2.32. The summed E-state index contributed by atoms with van der Waals surface area (Å²) in [7, 11) is 4.01. The first-order valence-electron chi connectivity index (χ1n) is 7.22. The van der Waals surface area contributed by atoms with Crippen molar-refractivity contribution < 1.29 is 0 Å². The molecule has 1 aromatic heterocycles. The summed E-state index contributed by atoms with van der Waals surface area (Å²) in [6.07, 6.45) is 3.56. The molecule has 1 aliphatic heterocycles. The lowest BCUT2D eigenvalue weighted by Gasteiger charge is -2.23. The molecule has 2 rings (SSSR count). The SMILES string of the molecule is CCc1nc(NC)cc(N(C)CCN2CCCC2)n1. The number of likely N-dealkylation sites (N-methyl/N-ethyl adjacent to an activating group) is 1. The van der Waals surface area contributed by atoms with Gasteiger partial charge in [-0.3, -0.25) is 0 Å². The van der Waals surface area contributed by atoms with Crippen LogP contribution in [0.15, 0.2) is 6.07 Å². The molecule has 19 heavy (non-hydrogen) atoms. The minimum Gasteiger partial charge on any atom is -0.373 e. The maximum atomic E-state index is 4.60. The molecule has 0 bridgehead atoms. The normalized spacial score (nSPS) is 15.7. The standard InChI is InChI=1S/C14H25N5/c1-4-12-16-13(15-2)11-14(17-12)18(3)9-10-19-7-5-6-8-19/h11H,4-10H2,1-3H3,(H,15,16,17). The summed E-state index contributed by atoms with van der Waals surface area (Å²) < 4.78 is 0. The summed E-state index contributed by atoms with van der Waals surface area (Å²) in [4.78, 5) is 13.8. The highest BCUT2D eigenvalue weighted by atomic mass is 15.2. The minimum atomic E-state index is 0.864. The molecule has 0 aromatic carbocycles. The Morgan fingerprint density at radius 3 is 2.68 bits per heavy atom. The maximum Gasteiger partial charge on any atom is 0.134 e. The number of aromatic nitrogens is 2. The van der Waals surface area contributed by atoms with Crippen molar-refractivity contribution in [3.8, 4) is 0 Å². The van der Waals surface area contributed by atoms with Crippen LogP contribution in [0.1, 0.15) is 25.6 Å². The second-order valence-corrected chi connectivity index (χ2v) is 5.10. The van der Waals surface area contributed by atoms with Crippen LogP contribution in [0.25, 0.3) is 0 Å². The van der Waals surface area contributed by atoms with E-state index in [4.69, 9.17) is 0 Å². The molecule has 1 aliphatic rings. The molecule has 1 aromatic rings. The number of rotatable bonds is 6. The monoisotopic (exact) mass is 263 g/mol. The Morgan fingerprint density at radius 1 is 1.32 bits per heavy atom. The van der Waals surface area contributed by atoms with E-state index >= 15 is 0 Å². The predicted molar refractivity (Wildman–Crippen MR) is 79.9 cm³/mol. The smallest absolute Gasteiger partial charge is 0.134 e. The van der Waals surface area contributed by atoms with Crippen molar-refractivity contribution in [1.29, 1.82) is 0 Å². The molecule has 1 fully saturated rings. The first-order valence-corrected chi connectivity index (χ1v) is 7.22. The number of hydrogen-bond donors (Lipinski definition) is 1. The number of likely N-dealkylation sites (tertiary alicyclic amines) is 1. The highest BCUT2D eigenvalue weighted by Gasteiger charge is 2.13. The molecule has 5 nitrogen and oxygen atoms in total. The summed E-state index contributed by atoms with van der Waals surface area (Å²) in [5.74, 6) is 2.81. The van der Waals surface area contributed by atoms with Gasteiger partial charge in [0, 0.05) is 39.7 Å². The lowest BCUT2D eigenvalue weighted by atomic mass is 10.4. The Hall–Kier alpha value is -1.36. The Morgan fingerprint density at radius 2 is 2.05 bits per heavy atom. The Labute approximate surface area is 116 Å². The average Bonchev–Trinajstić information content (AvgIpc) is 2.97. The van der Waals surface area contributed by atoms with Gasteiger partial charge in [-0.2, -0.15) is 0 Å². The number of hydrogen-bond acceptors (Lipinski definition) is 5. The molecule has 1 saturated heterocycles. The van der Waals surface area contributed by atoms with Crippen LogP contribution in [0.4, 0.5) is 11.6 Å². The maximum absolute atomic E-state index is 4.60. The van der Waals surface area contributed by atoms with Crippen LogP contribution in [0, 0.1) is 0 Å². The highest BCUT2D eigenvalue weighted by Crippen LogP contribution is 2.15. The van der Waals surface area contributed by atoms with Crippen LogP contribution in [0.3, 0.4) is 0 Å². The molecule has 2 heterocycles. The predicted octanol–water partition coefficient (Wildman–Crippen LogP) is 1.61. The molecular weight excluding hydrogens is 238 g/mol. The Balaban J connectivity index is 1.98. The molecule has 0 saturated carbocycles. The first kappa shape index (κ1) is 14.1. The third-order valence-corrected chi connectivity index (χ3v) is 3.67. The minimum absolute atomic E-state index is 0.864. The third kappa shape index (κ3) is 3.80. The van der Waals surface area contributed by atoms with Crippen molar-refractivity contribution in [2.24, 2.45) is 0 Å². The zero-order valence-electron chi connectivity index (χ0n) is 12.3. The topological polar surface area (TPSA) is 44.3 Å². The second kappa shape index (κ2) is 6.70. The molecule has 0 amide bonds. The molecule has 106 valence electrons. The molecule has 1 N–H and O–H groups in total. The van der Waals surface area contributed by atoms with Crippen LogP contribution < -0.4 is 10.2 Å². The largest absolute Gasteiger partial charge is 0.373 e.